The summed E-state index contributed by atoms with van der Waals surface area (Å²) < 4.78 is 14.1. The van der Waals surface area contributed by atoms with Gasteiger partial charge in [-0.25, -0.2) is 14.4 Å². The SMILES string of the molecule is CC(C)c1ncnc(-c2cc(N)c(C#N)cc2F)c1Cl. The first-order valence-electron chi connectivity index (χ1n) is 5.95. The molecular weight excluding hydrogens is 279 g/mol. The van der Waals surface area contributed by atoms with Crippen LogP contribution in [0.5, 0.6) is 0 Å². The minimum atomic E-state index is -0.592. The van der Waals surface area contributed by atoms with Gasteiger partial charge in [-0.05, 0) is 18.1 Å². The fraction of sp³-hybridized carbons (Fsp3) is 0.214. The summed E-state index contributed by atoms with van der Waals surface area (Å²) in [7, 11) is 0. The normalized spacial score (nSPS) is 10.6. The Bertz CT molecular complexity index is 707. The van der Waals surface area contributed by atoms with Crippen molar-refractivity contribution in [3.05, 3.63) is 40.6 Å². The third kappa shape index (κ3) is 2.43. The van der Waals surface area contributed by atoms with Crippen LogP contribution in [-0.2, 0) is 0 Å². The van der Waals surface area contributed by atoms with E-state index in [1.807, 2.05) is 19.9 Å². The molecule has 0 saturated heterocycles. The van der Waals surface area contributed by atoms with Crippen molar-refractivity contribution in [1.29, 1.82) is 5.26 Å². The van der Waals surface area contributed by atoms with Gasteiger partial charge in [0.15, 0.2) is 0 Å². The van der Waals surface area contributed by atoms with Crippen molar-refractivity contribution in [2.75, 3.05) is 5.73 Å². The van der Waals surface area contributed by atoms with Gasteiger partial charge in [0.05, 0.1) is 27.7 Å². The number of rotatable bonds is 2. The number of nitrogens with two attached hydrogens (primary N) is 1. The minimum Gasteiger partial charge on any atom is -0.398 e. The molecule has 20 heavy (non-hydrogen) atoms. The summed E-state index contributed by atoms with van der Waals surface area (Å²) in [4.78, 5) is 8.13. The maximum atomic E-state index is 14.1. The van der Waals surface area contributed by atoms with Gasteiger partial charge in [0, 0.05) is 5.56 Å². The number of anilines is 1. The van der Waals surface area contributed by atoms with E-state index in [-0.39, 0.29) is 28.4 Å². The molecule has 0 saturated carbocycles. The van der Waals surface area contributed by atoms with Crippen LogP contribution < -0.4 is 5.73 Å². The van der Waals surface area contributed by atoms with E-state index in [1.165, 1.54) is 12.4 Å². The zero-order chi connectivity index (χ0) is 14.9. The highest BCUT2D eigenvalue weighted by molar-refractivity contribution is 6.33. The van der Waals surface area contributed by atoms with Crippen LogP contribution in [0.1, 0.15) is 31.0 Å². The van der Waals surface area contributed by atoms with Crippen molar-refractivity contribution < 1.29 is 4.39 Å². The van der Waals surface area contributed by atoms with Crippen LogP contribution in [0.15, 0.2) is 18.5 Å². The molecule has 0 aliphatic rings. The molecule has 0 spiro atoms. The molecule has 0 bridgehead atoms. The first-order valence-corrected chi connectivity index (χ1v) is 6.33. The maximum Gasteiger partial charge on any atom is 0.134 e. The molecule has 0 amide bonds. The molecule has 4 nitrogen and oxygen atoms in total. The van der Waals surface area contributed by atoms with Crippen molar-refractivity contribution in [1.82, 2.24) is 9.97 Å². The molecule has 2 aromatic rings. The zero-order valence-electron chi connectivity index (χ0n) is 11.0. The second-order valence-corrected chi connectivity index (χ2v) is 4.99. The Morgan fingerprint density at radius 1 is 1.35 bits per heavy atom. The van der Waals surface area contributed by atoms with Crippen molar-refractivity contribution in [3.63, 3.8) is 0 Å². The number of nitriles is 1. The third-order valence-corrected chi connectivity index (χ3v) is 3.25. The van der Waals surface area contributed by atoms with E-state index in [9.17, 15) is 4.39 Å². The molecular formula is C14H12ClFN4. The van der Waals surface area contributed by atoms with Crippen molar-refractivity contribution in [3.8, 4) is 17.3 Å². The molecule has 0 fully saturated rings. The number of benzene rings is 1. The summed E-state index contributed by atoms with van der Waals surface area (Å²) >= 11 is 6.24. The Balaban J connectivity index is 2.67. The van der Waals surface area contributed by atoms with Crippen LogP contribution in [0, 0.1) is 17.1 Å². The predicted octanol–water partition coefficient (Wildman–Crippen LogP) is 3.51. The predicted molar refractivity (Wildman–Crippen MR) is 75.7 cm³/mol. The first kappa shape index (κ1) is 14.2. The summed E-state index contributed by atoms with van der Waals surface area (Å²) in [6.07, 6.45) is 1.34. The fourth-order valence-corrected chi connectivity index (χ4v) is 2.26. The number of hydrogen-bond acceptors (Lipinski definition) is 4. The fourth-order valence-electron chi connectivity index (χ4n) is 1.84. The van der Waals surface area contributed by atoms with Crippen LogP contribution in [0.3, 0.4) is 0 Å². The largest absolute Gasteiger partial charge is 0.398 e. The molecule has 1 aromatic heterocycles. The van der Waals surface area contributed by atoms with E-state index in [4.69, 9.17) is 22.6 Å². The van der Waals surface area contributed by atoms with Gasteiger partial charge < -0.3 is 5.73 Å². The van der Waals surface area contributed by atoms with E-state index in [1.54, 1.807) is 0 Å². The van der Waals surface area contributed by atoms with Crippen molar-refractivity contribution in [2.24, 2.45) is 0 Å². The molecule has 0 aliphatic heterocycles. The van der Waals surface area contributed by atoms with E-state index in [0.717, 1.165) is 6.07 Å². The van der Waals surface area contributed by atoms with Gasteiger partial charge in [0.25, 0.3) is 0 Å². The highest BCUT2D eigenvalue weighted by atomic mass is 35.5. The number of halogens is 2. The lowest BCUT2D eigenvalue weighted by Crippen LogP contribution is -2.01. The van der Waals surface area contributed by atoms with Crippen LogP contribution in [-0.4, -0.2) is 9.97 Å². The van der Waals surface area contributed by atoms with Crippen molar-refractivity contribution in [2.45, 2.75) is 19.8 Å². The monoisotopic (exact) mass is 290 g/mol. The highest BCUT2D eigenvalue weighted by Gasteiger charge is 2.18. The molecule has 2 rings (SSSR count). The van der Waals surface area contributed by atoms with E-state index in [2.05, 4.69) is 9.97 Å². The molecule has 0 radical (unpaired) electrons. The molecule has 0 aliphatic carbocycles. The van der Waals surface area contributed by atoms with Gasteiger partial charge in [-0.1, -0.05) is 25.4 Å². The molecule has 6 heteroatoms. The Morgan fingerprint density at radius 3 is 2.65 bits per heavy atom. The van der Waals surface area contributed by atoms with Crippen LogP contribution in [0.4, 0.5) is 10.1 Å². The standard InChI is InChI=1S/C14H12ClFN4/c1-7(2)13-12(15)14(20-6-19-13)9-4-11(18)8(5-17)3-10(9)16/h3-4,6-7H,18H2,1-2H3. The van der Waals surface area contributed by atoms with E-state index in [0.29, 0.717) is 10.7 Å². The quantitative estimate of drug-likeness (QED) is 0.859. The summed E-state index contributed by atoms with van der Waals surface area (Å²) in [5.41, 5.74) is 7.06. The average Bonchev–Trinajstić information content (AvgIpc) is 2.41. The molecule has 1 heterocycles. The second kappa shape index (κ2) is 5.43. The van der Waals surface area contributed by atoms with Gasteiger partial charge >= 0.3 is 0 Å². The Hall–Kier alpha value is -2.19. The number of nitrogen functional groups attached to an aromatic ring is 1. The van der Waals surface area contributed by atoms with E-state index < -0.39 is 5.82 Å². The zero-order valence-corrected chi connectivity index (χ0v) is 11.7. The lowest BCUT2D eigenvalue weighted by Gasteiger charge is -2.11. The molecule has 2 N–H and O–H groups in total. The molecule has 0 unspecified atom stereocenters. The second-order valence-electron chi connectivity index (χ2n) is 4.61. The summed E-state index contributed by atoms with van der Waals surface area (Å²) in [5.74, 6) is -0.505. The minimum absolute atomic E-state index is 0.0838. The van der Waals surface area contributed by atoms with Gasteiger partial charge in [-0.3, -0.25) is 0 Å². The summed E-state index contributed by atoms with van der Waals surface area (Å²) in [6, 6.07) is 4.28. The topological polar surface area (TPSA) is 75.6 Å². The van der Waals surface area contributed by atoms with Crippen LogP contribution in [0.25, 0.3) is 11.3 Å². The molecule has 1 aromatic carbocycles. The van der Waals surface area contributed by atoms with E-state index >= 15 is 0 Å². The van der Waals surface area contributed by atoms with Crippen molar-refractivity contribution >= 4 is 17.3 Å². The Morgan fingerprint density at radius 2 is 2.05 bits per heavy atom. The average molecular weight is 291 g/mol. The Labute approximate surface area is 121 Å². The smallest absolute Gasteiger partial charge is 0.134 e. The lowest BCUT2D eigenvalue weighted by molar-refractivity contribution is 0.630. The highest BCUT2D eigenvalue weighted by Crippen LogP contribution is 2.34. The molecule has 102 valence electrons. The molecule has 0 atom stereocenters. The third-order valence-electron chi connectivity index (χ3n) is 2.88. The number of hydrogen-bond donors (Lipinski definition) is 1. The van der Waals surface area contributed by atoms with Gasteiger partial charge in [0.2, 0.25) is 0 Å². The summed E-state index contributed by atoms with van der Waals surface area (Å²) in [5, 5.41) is 9.12. The maximum absolute atomic E-state index is 14.1. The van der Waals surface area contributed by atoms with Gasteiger partial charge in [0.1, 0.15) is 18.2 Å². The lowest BCUT2D eigenvalue weighted by atomic mass is 10.0. The van der Waals surface area contributed by atoms with Gasteiger partial charge in [-0.15, -0.1) is 0 Å². The van der Waals surface area contributed by atoms with Crippen LogP contribution in [0.2, 0.25) is 5.02 Å². The van der Waals surface area contributed by atoms with Gasteiger partial charge in [-0.2, -0.15) is 5.26 Å². The van der Waals surface area contributed by atoms with Crippen LogP contribution >= 0.6 is 11.6 Å². The number of nitrogens with zero attached hydrogens (tertiary/aromatic N) is 3. The Kier molecular flexibility index (Phi) is 3.86. The first-order chi connectivity index (χ1) is 9.45. The summed E-state index contributed by atoms with van der Waals surface area (Å²) in [6.45, 7) is 3.86. The number of aromatic nitrogens is 2.